The third-order valence-electron chi connectivity index (χ3n) is 2.44. The minimum absolute atomic E-state index is 0.0864. The average Bonchev–Trinajstić information content (AvgIpc) is 2.43. The van der Waals surface area contributed by atoms with Gasteiger partial charge in [0.2, 0.25) is 5.91 Å². The van der Waals surface area contributed by atoms with E-state index < -0.39 is 18.2 Å². The molecule has 0 saturated heterocycles. The predicted octanol–water partition coefficient (Wildman–Crippen LogP) is -0.601. The van der Waals surface area contributed by atoms with Crippen molar-refractivity contribution >= 4 is 11.9 Å². The summed E-state index contributed by atoms with van der Waals surface area (Å²) in [5.74, 6) is -0.840. The number of hydrogen-bond acceptors (Lipinski definition) is 6. The van der Waals surface area contributed by atoms with Crippen molar-refractivity contribution in [1.82, 2.24) is 10.3 Å². The number of methoxy groups -OCH3 is 1. The minimum atomic E-state index is -1.25. The number of amides is 1. The summed E-state index contributed by atoms with van der Waals surface area (Å²) >= 11 is 0. The quantitative estimate of drug-likeness (QED) is 0.615. The fourth-order valence-electron chi connectivity index (χ4n) is 1.38. The lowest BCUT2D eigenvalue weighted by atomic mass is 10.1. The molecule has 2 unspecified atom stereocenters. The zero-order chi connectivity index (χ0) is 14.4. The summed E-state index contributed by atoms with van der Waals surface area (Å²) in [6.45, 7) is 1.22. The van der Waals surface area contributed by atoms with Gasteiger partial charge in [-0.1, -0.05) is 0 Å². The van der Waals surface area contributed by atoms with Gasteiger partial charge < -0.3 is 20.3 Å². The second-order valence-corrected chi connectivity index (χ2v) is 3.91. The summed E-state index contributed by atoms with van der Waals surface area (Å²) in [6.07, 6.45) is -1.19. The van der Waals surface area contributed by atoms with Crippen LogP contribution in [0.25, 0.3) is 0 Å². The molecule has 0 bridgehead atoms. The molecule has 1 aromatic rings. The molecule has 0 aliphatic heterocycles. The Labute approximate surface area is 110 Å². The van der Waals surface area contributed by atoms with Crippen LogP contribution in [0.2, 0.25) is 0 Å². The van der Waals surface area contributed by atoms with Gasteiger partial charge in [0, 0.05) is 19.7 Å². The van der Waals surface area contributed by atoms with Crippen LogP contribution in [0.4, 0.5) is 0 Å². The number of carbonyl (C=O) groups is 2. The molecule has 1 aromatic heterocycles. The van der Waals surface area contributed by atoms with Gasteiger partial charge in [0.05, 0.1) is 18.4 Å². The number of nitrogens with one attached hydrogen (secondary N) is 1. The standard InChI is InChI=1S/C12H16N2O5/c1-7(15)13-6-10(16)11(17)9-4-3-8(5-14-9)12(18)19-2/h3-5,10-11,16-17H,6H2,1-2H3,(H,13,15). The lowest BCUT2D eigenvalue weighted by molar-refractivity contribution is -0.119. The van der Waals surface area contributed by atoms with E-state index in [0.29, 0.717) is 0 Å². The first kappa shape index (κ1) is 15.1. The van der Waals surface area contributed by atoms with E-state index >= 15 is 0 Å². The Morgan fingerprint density at radius 3 is 2.58 bits per heavy atom. The first-order valence-electron chi connectivity index (χ1n) is 5.60. The van der Waals surface area contributed by atoms with Crippen LogP contribution < -0.4 is 5.32 Å². The largest absolute Gasteiger partial charge is 0.465 e. The highest BCUT2D eigenvalue weighted by Gasteiger charge is 2.20. The van der Waals surface area contributed by atoms with E-state index in [1.165, 1.54) is 32.4 Å². The minimum Gasteiger partial charge on any atom is -0.465 e. The van der Waals surface area contributed by atoms with Crippen LogP contribution in [-0.4, -0.2) is 46.8 Å². The van der Waals surface area contributed by atoms with Crippen molar-refractivity contribution in [2.45, 2.75) is 19.1 Å². The molecule has 0 saturated carbocycles. The van der Waals surface area contributed by atoms with Gasteiger partial charge in [-0.05, 0) is 12.1 Å². The molecule has 0 spiro atoms. The van der Waals surface area contributed by atoms with E-state index in [1.54, 1.807) is 0 Å². The molecular weight excluding hydrogens is 252 g/mol. The summed E-state index contributed by atoms with van der Waals surface area (Å²) in [5.41, 5.74) is 0.445. The summed E-state index contributed by atoms with van der Waals surface area (Å²) in [5, 5.41) is 21.8. The maximum Gasteiger partial charge on any atom is 0.339 e. The molecule has 0 fully saturated rings. The third-order valence-corrected chi connectivity index (χ3v) is 2.44. The van der Waals surface area contributed by atoms with Crippen LogP contribution in [0.15, 0.2) is 18.3 Å². The smallest absolute Gasteiger partial charge is 0.339 e. The first-order valence-corrected chi connectivity index (χ1v) is 5.60. The van der Waals surface area contributed by atoms with Crippen molar-refractivity contribution in [2.24, 2.45) is 0 Å². The summed E-state index contributed by atoms with van der Waals surface area (Å²) in [6, 6.07) is 2.84. The van der Waals surface area contributed by atoms with Gasteiger partial charge in [-0.3, -0.25) is 9.78 Å². The number of aromatic nitrogens is 1. The maximum absolute atomic E-state index is 11.2. The van der Waals surface area contributed by atoms with Crippen molar-refractivity contribution < 1.29 is 24.5 Å². The molecular formula is C12H16N2O5. The SMILES string of the molecule is COC(=O)c1ccc(C(O)C(O)CNC(C)=O)nc1. The topological polar surface area (TPSA) is 109 Å². The molecule has 19 heavy (non-hydrogen) atoms. The van der Waals surface area contributed by atoms with Crippen LogP contribution in [0.1, 0.15) is 29.1 Å². The molecule has 0 aliphatic carbocycles. The Morgan fingerprint density at radius 2 is 2.11 bits per heavy atom. The van der Waals surface area contributed by atoms with Crippen LogP contribution in [-0.2, 0) is 9.53 Å². The van der Waals surface area contributed by atoms with Crippen LogP contribution in [0.3, 0.4) is 0 Å². The Hall–Kier alpha value is -1.99. The maximum atomic E-state index is 11.2. The van der Waals surface area contributed by atoms with Crippen LogP contribution >= 0.6 is 0 Å². The number of rotatable bonds is 5. The fraction of sp³-hybridized carbons (Fsp3) is 0.417. The number of ether oxygens (including phenoxy) is 1. The predicted molar refractivity (Wildman–Crippen MR) is 65.2 cm³/mol. The number of pyridine rings is 1. The molecule has 104 valence electrons. The first-order chi connectivity index (χ1) is 8.95. The Morgan fingerprint density at radius 1 is 1.42 bits per heavy atom. The Bertz CT molecular complexity index is 446. The number of esters is 1. The van der Waals surface area contributed by atoms with Gasteiger partial charge in [0.25, 0.3) is 0 Å². The van der Waals surface area contributed by atoms with E-state index in [4.69, 9.17) is 0 Å². The lowest BCUT2D eigenvalue weighted by Crippen LogP contribution is -2.34. The summed E-state index contributed by atoms with van der Waals surface area (Å²) in [7, 11) is 1.25. The van der Waals surface area contributed by atoms with Gasteiger partial charge in [-0.25, -0.2) is 4.79 Å². The molecule has 0 radical (unpaired) electrons. The van der Waals surface area contributed by atoms with Crippen molar-refractivity contribution in [1.29, 1.82) is 0 Å². The molecule has 3 N–H and O–H groups in total. The zero-order valence-corrected chi connectivity index (χ0v) is 10.7. The molecule has 0 aliphatic rings. The van der Waals surface area contributed by atoms with E-state index in [0.717, 1.165) is 0 Å². The highest BCUT2D eigenvalue weighted by atomic mass is 16.5. The molecule has 2 atom stereocenters. The van der Waals surface area contributed by atoms with Crippen LogP contribution in [0, 0.1) is 0 Å². The van der Waals surface area contributed by atoms with Crippen molar-refractivity contribution in [3.63, 3.8) is 0 Å². The fourth-order valence-corrected chi connectivity index (χ4v) is 1.38. The van der Waals surface area contributed by atoms with E-state index in [-0.39, 0.29) is 23.7 Å². The van der Waals surface area contributed by atoms with Gasteiger partial charge in [0.1, 0.15) is 12.2 Å². The zero-order valence-electron chi connectivity index (χ0n) is 10.7. The highest BCUT2D eigenvalue weighted by molar-refractivity contribution is 5.88. The normalized spacial score (nSPS) is 13.5. The Balaban J connectivity index is 2.69. The third kappa shape index (κ3) is 4.31. The Kier molecular flexibility index (Phi) is 5.40. The van der Waals surface area contributed by atoms with Gasteiger partial charge >= 0.3 is 5.97 Å². The molecule has 0 aromatic carbocycles. The number of aliphatic hydroxyl groups excluding tert-OH is 2. The number of aliphatic hydroxyl groups is 2. The molecule has 1 amide bonds. The molecule has 7 heteroatoms. The second kappa shape index (κ2) is 6.81. The second-order valence-electron chi connectivity index (χ2n) is 3.91. The number of nitrogens with zero attached hydrogens (tertiary/aromatic N) is 1. The summed E-state index contributed by atoms with van der Waals surface area (Å²) in [4.78, 5) is 25.7. The van der Waals surface area contributed by atoms with Gasteiger partial charge in [-0.2, -0.15) is 0 Å². The van der Waals surface area contributed by atoms with Crippen molar-refractivity contribution in [3.8, 4) is 0 Å². The summed E-state index contributed by atoms with van der Waals surface area (Å²) < 4.78 is 4.51. The monoisotopic (exact) mass is 268 g/mol. The van der Waals surface area contributed by atoms with E-state index in [1.807, 2.05) is 0 Å². The average molecular weight is 268 g/mol. The van der Waals surface area contributed by atoms with Gasteiger partial charge in [-0.15, -0.1) is 0 Å². The molecule has 1 rings (SSSR count). The number of hydrogen-bond donors (Lipinski definition) is 3. The molecule has 1 heterocycles. The number of carbonyl (C=O) groups excluding carboxylic acids is 2. The molecule has 7 nitrogen and oxygen atoms in total. The van der Waals surface area contributed by atoms with E-state index in [2.05, 4.69) is 15.0 Å². The van der Waals surface area contributed by atoms with E-state index in [9.17, 15) is 19.8 Å². The van der Waals surface area contributed by atoms with Crippen LogP contribution in [0.5, 0.6) is 0 Å². The van der Waals surface area contributed by atoms with Crippen molar-refractivity contribution in [3.05, 3.63) is 29.6 Å². The van der Waals surface area contributed by atoms with Crippen molar-refractivity contribution in [2.75, 3.05) is 13.7 Å². The van der Waals surface area contributed by atoms with Gasteiger partial charge in [0.15, 0.2) is 0 Å². The lowest BCUT2D eigenvalue weighted by Gasteiger charge is -2.17. The highest BCUT2D eigenvalue weighted by Crippen LogP contribution is 2.14.